The summed E-state index contributed by atoms with van der Waals surface area (Å²) in [5.41, 5.74) is 5.27. The maximum Gasteiger partial charge on any atom is 0.278 e. The molecule has 0 unspecified atom stereocenters. The van der Waals surface area contributed by atoms with Gasteiger partial charge >= 0.3 is 0 Å². The van der Waals surface area contributed by atoms with E-state index in [9.17, 15) is 14.9 Å². The van der Waals surface area contributed by atoms with Crippen LogP contribution in [-0.2, 0) is 0 Å². The molecule has 1 aromatic heterocycles. The molecule has 0 fully saturated rings. The molecular formula is C23H15BrN4O3. The number of nitrogens with zero attached hydrogens (tertiary/aromatic N) is 3. The number of halogens is 1. The summed E-state index contributed by atoms with van der Waals surface area (Å²) in [7, 11) is 0. The van der Waals surface area contributed by atoms with E-state index >= 15 is 0 Å². The van der Waals surface area contributed by atoms with Crippen LogP contribution in [-0.4, -0.2) is 22.0 Å². The number of nitrogens with one attached hydrogen (secondary N) is 1. The number of hydrogen-bond acceptors (Lipinski definition) is 5. The number of hydrazone groups is 1. The Morgan fingerprint density at radius 3 is 2.52 bits per heavy atom. The molecule has 0 aliphatic heterocycles. The first kappa shape index (κ1) is 20.4. The lowest BCUT2D eigenvalue weighted by Gasteiger charge is -2.09. The second-order valence-corrected chi connectivity index (χ2v) is 7.51. The van der Waals surface area contributed by atoms with Gasteiger partial charge in [-0.3, -0.25) is 14.9 Å². The normalized spacial score (nSPS) is 11.0. The number of para-hydroxylation sites is 2. The minimum absolute atomic E-state index is 0.0904. The third-order valence-corrected chi connectivity index (χ3v) is 5.13. The van der Waals surface area contributed by atoms with Gasteiger partial charge < -0.3 is 0 Å². The fourth-order valence-corrected chi connectivity index (χ4v) is 3.38. The van der Waals surface area contributed by atoms with Crippen LogP contribution in [0.3, 0.4) is 0 Å². The zero-order valence-corrected chi connectivity index (χ0v) is 17.6. The molecule has 152 valence electrons. The topological polar surface area (TPSA) is 97.5 Å². The smallest absolute Gasteiger partial charge is 0.267 e. The third-order valence-electron chi connectivity index (χ3n) is 4.60. The quantitative estimate of drug-likeness (QED) is 0.240. The van der Waals surface area contributed by atoms with Crippen molar-refractivity contribution in [3.63, 3.8) is 0 Å². The second-order valence-electron chi connectivity index (χ2n) is 6.59. The molecule has 0 saturated heterocycles. The number of fused-ring (bicyclic) bond motifs is 1. The largest absolute Gasteiger partial charge is 0.278 e. The van der Waals surface area contributed by atoms with Crippen molar-refractivity contribution >= 4 is 44.6 Å². The number of nitro benzene ring substituents is 1. The molecule has 1 amide bonds. The van der Waals surface area contributed by atoms with Crippen molar-refractivity contribution in [2.75, 3.05) is 0 Å². The zero-order chi connectivity index (χ0) is 21.8. The van der Waals surface area contributed by atoms with Crippen LogP contribution in [0.5, 0.6) is 0 Å². The molecule has 0 atom stereocenters. The fraction of sp³-hybridized carbons (Fsp3) is 0. The molecule has 31 heavy (non-hydrogen) atoms. The zero-order valence-electron chi connectivity index (χ0n) is 16.0. The second kappa shape index (κ2) is 8.85. The highest BCUT2D eigenvalue weighted by atomic mass is 79.9. The standard InChI is InChI=1S/C23H15BrN4O3/c24-17-11-9-15(10-12-17)21-13-19(18-6-2-3-7-20(18)26-21)23(29)27-25-14-16-5-1-4-8-22(16)28(30)31/h1-14H,(H,27,29)/b25-14+. The van der Waals surface area contributed by atoms with Crippen molar-refractivity contribution in [3.05, 3.63) is 105 Å². The number of pyridine rings is 1. The van der Waals surface area contributed by atoms with Crippen molar-refractivity contribution in [3.8, 4) is 11.3 Å². The van der Waals surface area contributed by atoms with Gasteiger partial charge in [0.25, 0.3) is 11.6 Å². The van der Waals surface area contributed by atoms with Crippen molar-refractivity contribution in [2.24, 2.45) is 5.10 Å². The van der Waals surface area contributed by atoms with E-state index in [2.05, 4.69) is 31.4 Å². The molecule has 8 heteroatoms. The summed E-state index contributed by atoms with van der Waals surface area (Å²) in [4.78, 5) is 28.2. The van der Waals surface area contributed by atoms with Crippen LogP contribution in [0.1, 0.15) is 15.9 Å². The Morgan fingerprint density at radius 1 is 1.03 bits per heavy atom. The van der Waals surface area contributed by atoms with Gasteiger partial charge in [0.15, 0.2) is 0 Å². The van der Waals surface area contributed by atoms with E-state index in [-0.39, 0.29) is 5.69 Å². The van der Waals surface area contributed by atoms with E-state index in [0.29, 0.717) is 27.7 Å². The minimum Gasteiger partial charge on any atom is -0.267 e. The number of hydrogen-bond donors (Lipinski definition) is 1. The van der Waals surface area contributed by atoms with Gasteiger partial charge in [0.05, 0.1) is 33.5 Å². The fourth-order valence-electron chi connectivity index (χ4n) is 3.12. The third kappa shape index (κ3) is 4.49. The predicted molar refractivity (Wildman–Crippen MR) is 123 cm³/mol. The lowest BCUT2D eigenvalue weighted by atomic mass is 10.0. The molecule has 3 aromatic carbocycles. The average molecular weight is 475 g/mol. The minimum atomic E-state index is -0.496. The first-order valence-electron chi connectivity index (χ1n) is 9.25. The first-order chi connectivity index (χ1) is 15.0. The number of carbonyl (C=O) groups is 1. The molecule has 4 aromatic rings. The van der Waals surface area contributed by atoms with Crippen LogP contribution in [0.15, 0.2) is 88.4 Å². The maximum absolute atomic E-state index is 12.9. The summed E-state index contributed by atoms with van der Waals surface area (Å²) >= 11 is 3.41. The van der Waals surface area contributed by atoms with Gasteiger partial charge in [0.1, 0.15) is 0 Å². The van der Waals surface area contributed by atoms with Crippen LogP contribution < -0.4 is 5.43 Å². The highest BCUT2D eigenvalue weighted by Gasteiger charge is 2.14. The van der Waals surface area contributed by atoms with Gasteiger partial charge in [-0.05, 0) is 30.3 Å². The molecule has 4 rings (SSSR count). The Labute approximate surface area is 185 Å². The number of benzene rings is 3. The van der Waals surface area contributed by atoms with Crippen molar-refractivity contribution in [1.29, 1.82) is 0 Å². The molecule has 0 saturated carbocycles. The number of carbonyl (C=O) groups excluding carboxylic acids is 1. The lowest BCUT2D eigenvalue weighted by Crippen LogP contribution is -2.18. The monoisotopic (exact) mass is 474 g/mol. The first-order valence-corrected chi connectivity index (χ1v) is 10.0. The van der Waals surface area contributed by atoms with Crippen molar-refractivity contribution < 1.29 is 9.72 Å². The molecule has 7 nitrogen and oxygen atoms in total. The molecule has 0 aliphatic rings. The van der Waals surface area contributed by atoms with E-state index in [1.54, 1.807) is 24.3 Å². The van der Waals surface area contributed by atoms with Gasteiger partial charge in [-0.25, -0.2) is 10.4 Å². The van der Waals surface area contributed by atoms with E-state index in [4.69, 9.17) is 0 Å². The van der Waals surface area contributed by atoms with Gasteiger partial charge in [-0.2, -0.15) is 5.10 Å². The van der Waals surface area contributed by atoms with Gasteiger partial charge in [-0.15, -0.1) is 0 Å². The lowest BCUT2D eigenvalue weighted by molar-refractivity contribution is -0.385. The summed E-state index contributed by atoms with van der Waals surface area (Å²) < 4.78 is 0.944. The van der Waals surface area contributed by atoms with E-state index in [0.717, 1.165) is 10.0 Å². The van der Waals surface area contributed by atoms with E-state index in [1.165, 1.54) is 12.3 Å². The number of nitro groups is 1. The van der Waals surface area contributed by atoms with E-state index in [1.807, 2.05) is 48.5 Å². The molecule has 0 radical (unpaired) electrons. The Bertz CT molecular complexity index is 1320. The van der Waals surface area contributed by atoms with Gasteiger partial charge in [-0.1, -0.05) is 58.4 Å². The maximum atomic E-state index is 12.9. The number of aromatic nitrogens is 1. The average Bonchev–Trinajstić information content (AvgIpc) is 2.79. The summed E-state index contributed by atoms with van der Waals surface area (Å²) in [6.07, 6.45) is 1.26. The molecule has 1 heterocycles. The Morgan fingerprint density at radius 2 is 1.74 bits per heavy atom. The highest BCUT2D eigenvalue weighted by Crippen LogP contribution is 2.26. The van der Waals surface area contributed by atoms with Crippen molar-refractivity contribution in [1.82, 2.24) is 10.4 Å². The van der Waals surface area contributed by atoms with Crippen LogP contribution in [0.2, 0.25) is 0 Å². The highest BCUT2D eigenvalue weighted by molar-refractivity contribution is 9.10. The summed E-state index contributed by atoms with van der Waals surface area (Å²) in [6.45, 7) is 0. The predicted octanol–water partition coefficient (Wildman–Crippen LogP) is 5.34. The Balaban J connectivity index is 1.67. The SMILES string of the molecule is O=C(N/N=C/c1ccccc1[N+](=O)[O-])c1cc(-c2ccc(Br)cc2)nc2ccccc12. The Kier molecular flexibility index (Phi) is 5.81. The molecular weight excluding hydrogens is 460 g/mol. The molecule has 0 bridgehead atoms. The molecule has 0 spiro atoms. The summed E-state index contributed by atoms with van der Waals surface area (Å²) in [6, 6.07) is 22.9. The van der Waals surface area contributed by atoms with Crippen LogP contribution >= 0.6 is 15.9 Å². The van der Waals surface area contributed by atoms with Gasteiger partial charge in [0.2, 0.25) is 0 Å². The Hall–Kier alpha value is -3.91. The number of amides is 1. The van der Waals surface area contributed by atoms with Crippen LogP contribution in [0, 0.1) is 10.1 Å². The molecule has 0 aliphatic carbocycles. The molecule has 1 N–H and O–H groups in total. The summed E-state index contributed by atoms with van der Waals surface area (Å²) in [5, 5.41) is 15.7. The van der Waals surface area contributed by atoms with Crippen molar-refractivity contribution in [2.45, 2.75) is 0 Å². The number of rotatable bonds is 5. The van der Waals surface area contributed by atoms with Gasteiger partial charge in [0, 0.05) is 21.5 Å². The van der Waals surface area contributed by atoms with E-state index < -0.39 is 10.8 Å². The summed E-state index contributed by atoms with van der Waals surface area (Å²) in [5.74, 6) is -0.438. The van der Waals surface area contributed by atoms with Crippen LogP contribution in [0.25, 0.3) is 22.2 Å². The van der Waals surface area contributed by atoms with Crippen LogP contribution in [0.4, 0.5) is 5.69 Å².